The van der Waals surface area contributed by atoms with Crippen molar-refractivity contribution in [3.05, 3.63) is 0 Å². The van der Waals surface area contributed by atoms with Gasteiger partial charge in [0.05, 0.1) is 11.5 Å². The molecule has 2 N–H and O–H groups in total. The average molecular weight is 417 g/mol. The van der Waals surface area contributed by atoms with E-state index in [2.05, 4.69) is 13.8 Å². The normalized spacial score (nSPS) is 13.0. The van der Waals surface area contributed by atoms with Crippen molar-refractivity contribution in [2.24, 2.45) is 0 Å². The fourth-order valence-electron chi connectivity index (χ4n) is 2.59. The molecule has 8 nitrogen and oxygen atoms in total. The minimum Gasteiger partial charge on any atom is -0.302 e. The Hall–Kier alpha value is -0.260. The molecule has 0 aromatic carbocycles. The molecule has 0 unspecified atom stereocenters. The van der Waals surface area contributed by atoms with Crippen LogP contribution in [0, 0.1) is 0 Å². The van der Waals surface area contributed by atoms with Gasteiger partial charge in [-0.2, -0.15) is 16.8 Å². The third-order valence-corrected chi connectivity index (χ3v) is 5.58. The van der Waals surface area contributed by atoms with E-state index in [1.165, 1.54) is 0 Å². The molecule has 0 aliphatic heterocycles. The van der Waals surface area contributed by atoms with Gasteiger partial charge in [0.25, 0.3) is 20.2 Å². The van der Waals surface area contributed by atoms with Gasteiger partial charge in [-0.3, -0.25) is 9.11 Å². The highest BCUT2D eigenvalue weighted by atomic mass is 32.2. The lowest BCUT2D eigenvalue weighted by atomic mass is 10.2. The van der Waals surface area contributed by atoms with Gasteiger partial charge in [-0.1, -0.05) is 26.7 Å². The zero-order valence-corrected chi connectivity index (χ0v) is 17.8. The van der Waals surface area contributed by atoms with Crippen molar-refractivity contribution >= 4 is 20.2 Å². The summed E-state index contributed by atoms with van der Waals surface area (Å²) in [6.45, 7) is 7.87. The molecule has 10 heteroatoms. The molecule has 0 aromatic heterocycles. The van der Waals surface area contributed by atoms with Gasteiger partial charge < -0.3 is 9.80 Å². The first kappa shape index (κ1) is 25.7. The molecule has 0 atom stereocenters. The van der Waals surface area contributed by atoms with Crippen molar-refractivity contribution in [2.75, 3.05) is 50.8 Å². The third kappa shape index (κ3) is 17.2. The van der Waals surface area contributed by atoms with E-state index in [1.807, 2.05) is 9.80 Å². The molecule has 0 aliphatic carbocycles. The van der Waals surface area contributed by atoms with Crippen LogP contribution in [0.2, 0.25) is 0 Å². The van der Waals surface area contributed by atoms with Crippen LogP contribution in [0.3, 0.4) is 0 Å². The molecule has 0 fully saturated rings. The maximum atomic E-state index is 10.9. The summed E-state index contributed by atoms with van der Waals surface area (Å²) in [7, 11) is -7.90. The van der Waals surface area contributed by atoms with E-state index in [-0.39, 0.29) is 11.5 Å². The van der Waals surface area contributed by atoms with Crippen LogP contribution in [0.25, 0.3) is 0 Å². The third-order valence-electron chi connectivity index (χ3n) is 4.19. The first-order valence-corrected chi connectivity index (χ1v) is 12.6. The largest absolute Gasteiger partial charge is 0.302 e. The molecule has 0 aliphatic rings. The molecule has 158 valence electrons. The van der Waals surface area contributed by atoms with Gasteiger partial charge in [-0.15, -0.1) is 0 Å². The summed E-state index contributed by atoms with van der Waals surface area (Å²) in [4.78, 5) is 4.09. The van der Waals surface area contributed by atoms with E-state index in [0.29, 0.717) is 13.1 Å². The van der Waals surface area contributed by atoms with Gasteiger partial charge >= 0.3 is 0 Å². The number of hydrogen-bond donors (Lipinski definition) is 2. The van der Waals surface area contributed by atoms with Gasteiger partial charge in [0.15, 0.2) is 0 Å². The second-order valence-corrected chi connectivity index (χ2v) is 9.81. The Bertz CT molecular complexity index is 501. The van der Waals surface area contributed by atoms with E-state index in [9.17, 15) is 16.8 Å². The van der Waals surface area contributed by atoms with Crippen LogP contribution < -0.4 is 0 Å². The molecule has 26 heavy (non-hydrogen) atoms. The van der Waals surface area contributed by atoms with Crippen molar-refractivity contribution in [1.82, 2.24) is 9.80 Å². The van der Waals surface area contributed by atoms with Gasteiger partial charge in [0.2, 0.25) is 0 Å². The Labute approximate surface area is 159 Å². The summed E-state index contributed by atoms with van der Waals surface area (Å²) in [6, 6.07) is 0. The summed E-state index contributed by atoms with van der Waals surface area (Å²) in [5.41, 5.74) is 0. The predicted octanol–water partition coefficient (Wildman–Crippen LogP) is 1.75. The summed E-state index contributed by atoms with van der Waals surface area (Å²) in [5.74, 6) is -0.513. The lowest BCUT2D eigenvalue weighted by Crippen LogP contribution is -2.33. The second kappa shape index (κ2) is 13.8. The number of unbranched alkanes of at least 4 members (excludes halogenated alkanes) is 3. The molecule has 0 heterocycles. The molecular weight excluding hydrogens is 380 g/mol. The van der Waals surface area contributed by atoms with Crippen LogP contribution in [-0.4, -0.2) is 86.5 Å². The van der Waals surface area contributed by atoms with E-state index < -0.39 is 20.2 Å². The molecular formula is C16H36N2O6S2. The standard InChI is InChI=1S/C16H36N2O6S2/c1-3-5-9-17(13-15-25(19,20)21)11-7-8-12-18(10-6-4-2)14-16-26(22,23)24/h3-16H2,1-2H3,(H,19,20,21)(H,22,23,24). The Balaban J connectivity index is 4.31. The van der Waals surface area contributed by atoms with E-state index in [0.717, 1.165) is 64.7 Å². The Morgan fingerprint density at radius 1 is 0.577 bits per heavy atom. The molecule has 0 saturated carbocycles. The summed E-state index contributed by atoms with van der Waals surface area (Å²) in [5, 5.41) is 0. The Kier molecular flexibility index (Phi) is 13.7. The molecule has 0 saturated heterocycles. The van der Waals surface area contributed by atoms with Crippen molar-refractivity contribution in [3.8, 4) is 0 Å². The lowest BCUT2D eigenvalue weighted by Gasteiger charge is -2.24. The van der Waals surface area contributed by atoms with Crippen molar-refractivity contribution in [2.45, 2.75) is 52.4 Å². The number of rotatable bonds is 17. The summed E-state index contributed by atoms with van der Waals surface area (Å²) in [6.07, 6.45) is 5.71. The van der Waals surface area contributed by atoms with Crippen molar-refractivity contribution in [1.29, 1.82) is 0 Å². The van der Waals surface area contributed by atoms with E-state index in [1.54, 1.807) is 0 Å². The molecule has 0 spiro atoms. The summed E-state index contributed by atoms with van der Waals surface area (Å²) < 4.78 is 61.6. The first-order chi connectivity index (χ1) is 12.1. The highest BCUT2D eigenvalue weighted by molar-refractivity contribution is 7.86. The predicted molar refractivity (Wildman–Crippen MR) is 105 cm³/mol. The first-order valence-electron chi connectivity index (χ1n) is 9.42. The average Bonchev–Trinajstić information content (AvgIpc) is 2.53. The smallest absolute Gasteiger partial charge is 0.266 e. The van der Waals surface area contributed by atoms with Crippen molar-refractivity contribution < 1.29 is 25.9 Å². The van der Waals surface area contributed by atoms with E-state index in [4.69, 9.17) is 9.11 Å². The van der Waals surface area contributed by atoms with Crippen LogP contribution in [-0.2, 0) is 20.2 Å². The lowest BCUT2D eigenvalue weighted by molar-refractivity contribution is 0.248. The van der Waals surface area contributed by atoms with Crippen LogP contribution in [0.5, 0.6) is 0 Å². The Morgan fingerprint density at radius 3 is 1.15 bits per heavy atom. The zero-order valence-electron chi connectivity index (χ0n) is 16.1. The van der Waals surface area contributed by atoms with Gasteiger partial charge in [0, 0.05) is 13.1 Å². The SMILES string of the molecule is CCCCN(CCCCN(CCCC)CCS(=O)(=O)O)CCS(=O)(=O)O. The monoisotopic (exact) mass is 416 g/mol. The highest BCUT2D eigenvalue weighted by Gasteiger charge is 2.12. The topological polar surface area (TPSA) is 115 Å². The fraction of sp³-hybridized carbons (Fsp3) is 1.00. The second-order valence-electron chi connectivity index (χ2n) is 6.67. The van der Waals surface area contributed by atoms with Crippen LogP contribution >= 0.6 is 0 Å². The van der Waals surface area contributed by atoms with Gasteiger partial charge in [-0.25, -0.2) is 0 Å². The fourth-order valence-corrected chi connectivity index (χ4v) is 3.57. The number of hydrogen-bond acceptors (Lipinski definition) is 6. The van der Waals surface area contributed by atoms with Gasteiger partial charge in [0.1, 0.15) is 0 Å². The molecule has 0 amide bonds. The number of nitrogens with zero attached hydrogens (tertiary/aromatic N) is 2. The zero-order chi connectivity index (χ0) is 20.1. The quantitative estimate of drug-likeness (QED) is 0.272. The van der Waals surface area contributed by atoms with Crippen molar-refractivity contribution in [3.63, 3.8) is 0 Å². The minimum absolute atomic E-state index is 0.256. The summed E-state index contributed by atoms with van der Waals surface area (Å²) >= 11 is 0. The molecule has 0 bridgehead atoms. The maximum Gasteiger partial charge on any atom is 0.266 e. The molecule has 0 rings (SSSR count). The minimum atomic E-state index is -3.95. The molecule has 0 aromatic rings. The maximum absolute atomic E-state index is 10.9. The van der Waals surface area contributed by atoms with Gasteiger partial charge in [-0.05, 0) is 51.9 Å². The van der Waals surface area contributed by atoms with Crippen LogP contribution in [0.4, 0.5) is 0 Å². The Morgan fingerprint density at radius 2 is 0.885 bits per heavy atom. The van der Waals surface area contributed by atoms with Crippen LogP contribution in [0.15, 0.2) is 0 Å². The molecule has 0 radical (unpaired) electrons. The van der Waals surface area contributed by atoms with E-state index >= 15 is 0 Å². The highest BCUT2D eigenvalue weighted by Crippen LogP contribution is 2.04. The van der Waals surface area contributed by atoms with Crippen LogP contribution in [0.1, 0.15) is 52.4 Å².